The van der Waals surface area contributed by atoms with E-state index in [-0.39, 0.29) is 16.5 Å². The van der Waals surface area contributed by atoms with Crippen LogP contribution in [0.3, 0.4) is 0 Å². The minimum atomic E-state index is -1.34. The van der Waals surface area contributed by atoms with Gasteiger partial charge in [0.2, 0.25) is 0 Å². The molecule has 1 aromatic carbocycles. The van der Waals surface area contributed by atoms with Gasteiger partial charge in [-0.15, -0.1) is 0 Å². The number of hydrogen-bond donors (Lipinski definition) is 2. The van der Waals surface area contributed by atoms with Crippen molar-refractivity contribution >= 4 is 22.7 Å². The van der Waals surface area contributed by atoms with Gasteiger partial charge in [0.05, 0.1) is 17.4 Å². The molecule has 8 heteroatoms. The summed E-state index contributed by atoms with van der Waals surface area (Å²) in [6, 6.07) is 1.42. The molecule has 0 radical (unpaired) electrons. The Balaban J connectivity index is 2.80. The van der Waals surface area contributed by atoms with Gasteiger partial charge < -0.3 is 15.2 Å². The predicted molar refractivity (Wildman–Crippen MR) is 56.2 cm³/mol. The summed E-state index contributed by atoms with van der Waals surface area (Å²) in [6.07, 6.45) is -0.723. The predicted octanol–water partition coefficient (Wildman–Crippen LogP) is 1.98. The van der Waals surface area contributed by atoms with Gasteiger partial charge in [0.1, 0.15) is 17.2 Å². The number of benzene rings is 1. The molecule has 94 valence electrons. The highest BCUT2D eigenvalue weighted by Crippen LogP contribution is 2.31. The first kappa shape index (κ1) is 12.0. The number of rotatable bonds is 3. The average molecular weight is 256 g/mol. The fraction of sp³-hybridized carbons (Fsp3) is 0.100. The number of nitrogens with zero attached hydrogens (tertiary/aromatic N) is 1. The van der Waals surface area contributed by atoms with Gasteiger partial charge in [-0.2, -0.15) is 0 Å². The lowest BCUT2D eigenvalue weighted by atomic mass is 10.1. The van der Waals surface area contributed by atoms with Crippen molar-refractivity contribution in [3.8, 4) is 0 Å². The fourth-order valence-corrected chi connectivity index (χ4v) is 1.78. The minimum Gasteiger partial charge on any atom is -0.481 e. The van der Waals surface area contributed by atoms with Gasteiger partial charge in [0.25, 0.3) is 0 Å². The van der Waals surface area contributed by atoms with Crippen molar-refractivity contribution in [1.82, 2.24) is 4.98 Å². The Morgan fingerprint density at radius 1 is 1.44 bits per heavy atom. The zero-order chi connectivity index (χ0) is 13.4. The summed E-state index contributed by atoms with van der Waals surface area (Å²) in [5.41, 5.74) is -0.449. The largest absolute Gasteiger partial charge is 0.481 e. The molecule has 0 spiro atoms. The van der Waals surface area contributed by atoms with E-state index >= 15 is 0 Å². The molecule has 1 aromatic heterocycles. The lowest BCUT2D eigenvalue weighted by molar-refractivity contribution is -0.389. The number of carboxylic acids is 1. The average Bonchev–Trinajstić information content (AvgIpc) is 2.55. The van der Waals surface area contributed by atoms with E-state index in [1.54, 1.807) is 0 Å². The smallest absolute Gasteiger partial charge is 0.325 e. The second kappa shape index (κ2) is 4.06. The number of nitro groups is 1. The van der Waals surface area contributed by atoms with Gasteiger partial charge in [-0.3, -0.25) is 4.79 Å². The van der Waals surface area contributed by atoms with Crippen molar-refractivity contribution in [2.24, 2.45) is 0 Å². The molecule has 18 heavy (non-hydrogen) atoms. The zero-order valence-corrected chi connectivity index (χ0v) is 8.74. The van der Waals surface area contributed by atoms with Gasteiger partial charge in [-0.05, 0) is 4.92 Å². The Labute approximate surface area is 98.0 Å². The van der Waals surface area contributed by atoms with E-state index in [2.05, 4.69) is 4.98 Å². The summed E-state index contributed by atoms with van der Waals surface area (Å²) >= 11 is 0. The number of H-pyrrole nitrogens is 1. The molecule has 2 N–H and O–H groups in total. The van der Waals surface area contributed by atoms with E-state index in [0.717, 1.165) is 6.07 Å². The lowest BCUT2D eigenvalue weighted by Gasteiger charge is -1.97. The Hall–Kier alpha value is -2.51. The van der Waals surface area contributed by atoms with Crippen molar-refractivity contribution in [3.63, 3.8) is 0 Å². The Morgan fingerprint density at radius 3 is 2.67 bits per heavy atom. The van der Waals surface area contributed by atoms with Crippen LogP contribution in [-0.2, 0) is 11.2 Å². The van der Waals surface area contributed by atoms with Crippen LogP contribution < -0.4 is 0 Å². The summed E-state index contributed by atoms with van der Waals surface area (Å²) in [4.78, 5) is 22.7. The van der Waals surface area contributed by atoms with Crippen molar-refractivity contribution in [2.45, 2.75) is 6.42 Å². The van der Waals surface area contributed by atoms with Crippen molar-refractivity contribution in [1.29, 1.82) is 0 Å². The van der Waals surface area contributed by atoms with Crippen LogP contribution in [-0.4, -0.2) is 21.0 Å². The van der Waals surface area contributed by atoms with E-state index in [4.69, 9.17) is 5.11 Å². The molecule has 0 aliphatic carbocycles. The number of halogens is 2. The summed E-state index contributed by atoms with van der Waals surface area (Å²) in [5, 5.41) is 19.1. The number of carboxylic acid groups (broad SMARTS) is 1. The first-order valence-corrected chi connectivity index (χ1v) is 4.76. The monoisotopic (exact) mass is 256 g/mol. The third-order valence-electron chi connectivity index (χ3n) is 2.41. The minimum absolute atomic E-state index is 0.143. The van der Waals surface area contributed by atoms with Crippen LogP contribution in [0.15, 0.2) is 12.1 Å². The highest BCUT2D eigenvalue weighted by Gasteiger charge is 2.25. The molecule has 1 heterocycles. The van der Waals surface area contributed by atoms with Gasteiger partial charge in [-0.25, -0.2) is 13.8 Å². The second-order valence-electron chi connectivity index (χ2n) is 3.59. The second-order valence-corrected chi connectivity index (χ2v) is 3.59. The number of aromatic nitrogens is 1. The van der Waals surface area contributed by atoms with Gasteiger partial charge in [-0.1, -0.05) is 0 Å². The topological polar surface area (TPSA) is 96.2 Å². The molecule has 2 aromatic rings. The van der Waals surface area contributed by atoms with E-state index in [1.165, 1.54) is 0 Å². The molecule has 6 nitrogen and oxygen atoms in total. The summed E-state index contributed by atoms with van der Waals surface area (Å²) in [6.45, 7) is 0. The number of fused-ring (bicyclic) bond motifs is 1. The Morgan fingerprint density at radius 2 is 2.11 bits per heavy atom. The lowest BCUT2D eigenvalue weighted by Crippen LogP contribution is -2.03. The highest BCUT2D eigenvalue weighted by molar-refractivity contribution is 5.91. The maximum absolute atomic E-state index is 13.6. The Kier molecular flexibility index (Phi) is 2.70. The number of aromatic amines is 1. The van der Waals surface area contributed by atoms with Gasteiger partial charge in [0, 0.05) is 12.1 Å². The van der Waals surface area contributed by atoms with Crippen LogP contribution >= 0.6 is 0 Å². The number of hydrogen-bond acceptors (Lipinski definition) is 3. The number of nitrogens with one attached hydrogen (secondary N) is 1. The van der Waals surface area contributed by atoms with Gasteiger partial charge in [0.15, 0.2) is 0 Å². The summed E-state index contributed by atoms with van der Waals surface area (Å²) in [7, 11) is 0. The quantitative estimate of drug-likeness (QED) is 0.648. The van der Waals surface area contributed by atoms with E-state index in [0.29, 0.717) is 6.07 Å². The van der Waals surface area contributed by atoms with Crippen LogP contribution in [0, 0.1) is 21.7 Å². The molecule has 0 aliphatic rings. The summed E-state index contributed by atoms with van der Waals surface area (Å²) in [5.74, 6) is -3.93. The maximum Gasteiger partial charge on any atom is 0.325 e. The fourth-order valence-electron chi connectivity index (χ4n) is 1.78. The Bertz CT molecular complexity index is 665. The third kappa shape index (κ3) is 1.88. The molecule has 0 fully saturated rings. The highest BCUT2D eigenvalue weighted by atomic mass is 19.1. The van der Waals surface area contributed by atoms with Crippen LogP contribution in [0.5, 0.6) is 0 Å². The van der Waals surface area contributed by atoms with Crippen LogP contribution in [0.2, 0.25) is 0 Å². The molecule has 2 rings (SSSR count). The molecule has 0 unspecified atom stereocenters. The third-order valence-corrected chi connectivity index (χ3v) is 2.41. The maximum atomic E-state index is 13.6. The van der Waals surface area contributed by atoms with Crippen molar-refractivity contribution < 1.29 is 23.6 Å². The standard InChI is InChI=1S/C10H6F2N2O4/c11-4-1-6(12)9-5(3-8(15)16)10(14(17)18)13-7(9)2-4/h1-2,13H,3H2,(H,15,16). The number of aliphatic carboxylic acids is 1. The van der Waals surface area contributed by atoms with Crippen molar-refractivity contribution in [3.05, 3.63) is 39.4 Å². The molecule has 0 saturated carbocycles. The van der Waals surface area contributed by atoms with E-state index in [9.17, 15) is 23.7 Å². The summed E-state index contributed by atoms with van der Waals surface area (Å²) < 4.78 is 26.5. The SMILES string of the molecule is O=C(O)Cc1c([N+](=O)[O-])[nH]c2cc(F)cc(F)c12. The number of carbonyl (C=O) groups is 1. The first-order chi connectivity index (χ1) is 8.40. The molecular weight excluding hydrogens is 250 g/mol. The van der Waals surface area contributed by atoms with Crippen LogP contribution in [0.1, 0.15) is 5.56 Å². The normalized spacial score (nSPS) is 10.8. The first-order valence-electron chi connectivity index (χ1n) is 4.76. The van der Waals surface area contributed by atoms with Gasteiger partial charge >= 0.3 is 11.8 Å². The molecular formula is C10H6F2N2O4. The van der Waals surface area contributed by atoms with E-state index in [1.807, 2.05) is 0 Å². The van der Waals surface area contributed by atoms with Crippen molar-refractivity contribution in [2.75, 3.05) is 0 Å². The molecule has 0 atom stereocenters. The molecule has 0 amide bonds. The molecule has 0 bridgehead atoms. The molecule has 0 saturated heterocycles. The zero-order valence-electron chi connectivity index (χ0n) is 8.74. The van der Waals surface area contributed by atoms with Crippen LogP contribution in [0.4, 0.5) is 14.6 Å². The van der Waals surface area contributed by atoms with Crippen LogP contribution in [0.25, 0.3) is 10.9 Å². The molecule has 0 aliphatic heterocycles. The van der Waals surface area contributed by atoms with E-state index < -0.39 is 34.8 Å².